The molecular formula is C19H16O. The van der Waals surface area contributed by atoms with Crippen LogP contribution >= 0.6 is 0 Å². The van der Waals surface area contributed by atoms with Crippen molar-refractivity contribution in [2.75, 3.05) is 0 Å². The number of Topliss-reactive ketones (excluding diaryl/α,β-unsaturated/α-hetero) is 1. The van der Waals surface area contributed by atoms with Gasteiger partial charge in [-0.1, -0.05) is 72.8 Å². The van der Waals surface area contributed by atoms with Crippen molar-refractivity contribution in [1.82, 2.24) is 0 Å². The lowest BCUT2D eigenvalue weighted by molar-refractivity contribution is 0.102. The molecule has 0 amide bonds. The van der Waals surface area contributed by atoms with Crippen molar-refractivity contribution in [3.63, 3.8) is 0 Å². The normalized spacial score (nSPS) is 16.6. The highest BCUT2D eigenvalue weighted by molar-refractivity contribution is 6.10. The largest absolute Gasteiger partial charge is 0.289 e. The summed E-state index contributed by atoms with van der Waals surface area (Å²) in [4.78, 5) is 12.4. The monoisotopic (exact) mass is 260 g/mol. The number of ketones is 1. The third kappa shape index (κ3) is 2.62. The first-order chi connectivity index (χ1) is 9.84. The molecule has 0 bridgehead atoms. The van der Waals surface area contributed by atoms with E-state index < -0.39 is 0 Å². The maximum atomic E-state index is 12.4. The van der Waals surface area contributed by atoms with Gasteiger partial charge in [-0.05, 0) is 24.0 Å². The second-order valence-electron chi connectivity index (χ2n) is 4.95. The molecule has 0 spiro atoms. The minimum atomic E-state index is 0.171. The zero-order valence-electron chi connectivity index (χ0n) is 11.3. The summed E-state index contributed by atoms with van der Waals surface area (Å²) in [5.41, 5.74) is 4.07. The molecule has 3 rings (SSSR count). The van der Waals surface area contributed by atoms with Crippen LogP contribution in [0.25, 0.3) is 6.08 Å². The molecule has 0 atom stereocenters. The van der Waals surface area contributed by atoms with E-state index in [1.165, 1.54) is 5.56 Å². The number of hydrogen-bond acceptors (Lipinski definition) is 1. The Kier molecular flexibility index (Phi) is 3.60. The van der Waals surface area contributed by atoms with E-state index in [2.05, 4.69) is 0 Å². The highest BCUT2D eigenvalue weighted by Crippen LogP contribution is 2.24. The molecule has 0 aliphatic heterocycles. The third-order valence-corrected chi connectivity index (χ3v) is 3.60. The highest BCUT2D eigenvalue weighted by atomic mass is 16.1. The quantitative estimate of drug-likeness (QED) is 0.729. The molecule has 0 heterocycles. The number of rotatable bonds is 2. The van der Waals surface area contributed by atoms with Crippen LogP contribution in [0, 0.1) is 0 Å². The van der Waals surface area contributed by atoms with Crippen molar-refractivity contribution in [3.8, 4) is 0 Å². The molecule has 2 aromatic rings. The average Bonchev–Trinajstić information content (AvgIpc) is 2.51. The predicted octanol–water partition coefficient (Wildman–Crippen LogP) is 4.46. The maximum absolute atomic E-state index is 12.4. The summed E-state index contributed by atoms with van der Waals surface area (Å²) >= 11 is 0. The lowest BCUT2D eigenvalue weighted by Gasteiger charge is -2.16. The second-order valence-corrected chi connectivity index (χ2v) is 4.95. The van der Waals surface area contributed by atoms with Crippen LogP contribution in [-0.4, -0.2) is 5.78 Å². The van der Waals surface area contributed by atoms with E-state index >= 15 is 0 Å². The summed E-state index contributed by atoms with van der Waals surface area (Å²) in [6.07, 6.45) is 7.73. The van der Waals surface area contributed by atoms with Crippen LogP contribution in [0.4, 0.5) is 0 Å². The SMILES string of the molecule is O=C1/C(=C/C=C/c2ccccc2)CCc2ccccc21. The van der Waals surface area contributed by atoms with Gasteiger partial charge in [-0.25, -0.2) is 0 Å². The van der Waals surface area contributed by atoms with Gasteiger partial charge in [0, 0.05) is 11.1 Å². The van der Waals surface area contributed by atoms with Crippen LogP contribution in [0.5, 0.6) is 0 Å². The van der Waals surface area contributed by atoms with Gasteiger partial charge in [0.15, 0.2) is 5.78 Å². The minimum absolute atomic E-state index is 0.171. The van der Waals surface area contributed by atoms with Crippen LogP contribution in [0.3, 0.4) is 0 Å². The molecule has 0 N–H and O–H groups in total. The maximum Gasteiger partial charge on any atom is 0.189 e. The van der Waals surface area contributed by atoms with E-state index in [9.17, 15) is 4.79 Å². The van der Waals surface area contributed by atoms with Crippen molar-refractivity contribution in [2.45, 2.75) is 12.8 Å². The Labute approximate surface area is 119 Å². The topological polar surface area (TPSA) is 17.1 Å². The van der Waals surface area contributed by atoms with Crippen molar-refractivity contribution >= 4 is 11.9 Å². The zero-order valence-corrected chi connectivity index (χ0v) is 11.3. The Morgan fingerprint density at radius 2 is 1.60 bits per heavy atom. The summed E-state index contributed by atoms with van der Waals surface area (Å²) in [7, 11) is 0. The molecule has 1 aliphatic rings. The smallest absolute Gasteiger partial charge is 0.189 e. The summed E-state index contributed by atoms with van der Waals surface area (Å²) in [6.45, 7) is 0. The van der Waals surface area contributed by atoms with Crippen LogP contribution in [0.2, 0.25) is 0 Å². The summed E-state index contributed by atoms with van der Waals surface area (Å²) in [5.74, 6) is 0.171. The lowest BCUT2D eigenvalue weighted by atomic mass is 9.87. The summed E-state index contributed by atoms with van der Waals surface area (Å²) in [6, 6.07) is 18.0. The summed E-state index contributed by atoms with van der Waals surface area (Å²) < 4.78 is 0. The molecule has 2 aromatic carbocycles. The van der Waals surface area contributed by atoms with E-state index in [0.29, 0.717) is 0 Å². The fourth-order valence-electron chi connectivity index (χ4n) is 2.51. The van der Waals surface area contributed by atoms with Crippen LogP contribution in [-0.2, 0) is 6.42 Å². The molecule has 0 aromatic heterocycles. The Balaban J connectivity index is 1.81. The van der Waals surface area contributed by atoms with Crippen molar-refractivity contribution < 1.29 is 4.79 Å². The van der Waals surface area contributed by atoms with Crippen LogP contribution < -0.4 is 0 Å². The van der Waals surface area contributed by atoms with Gasteiger partial charge in [-0.2, -0.15) is 0 Å². The lowest BCUT2D eigenvalue weighted by Crippen LogP contribution is -2.13. The van der Waals surface area contributed by atoms with Crippen molar-refractivity contribution in [3.05, 3.63) is 89.0 Å². The number of carbonyl (C=O) groups excluding carboxylic acids is 1. The first-order valence-electron chi connectivity index (χ1n) is 6.89. The molecule has 98 valence electrons. The third-order valence-electron chi connectivity index (χ3n) is 3.60. The Morgan fingerprint density at radius 1 is 0.850 bits per heavy atom. The minimum Gasteiger partial charge on any atom is -0.289 e. The predicted molar refractivity (Wildman–Crippen MR) is 82.7 cm³/mol. The molecule has 1 nitrogen and oxygen atoms in total. The number of benzene rings is 2. The van der Waals surface area contributed by atoms with Gasteiger partial charge in [-0.3, -0.25) is 4.79 Å². The van der Waals surface area contributed by atoms with Gasteiger partial charge in [0.25, 0.3) is 0 Å². The Bertz CT molecular complexity index is 678. The van der Waals surface area contributed by atoms with Gasteiger partial charge in [0.2, 0.25) is 0 Å². The Morgan fingerprint density at radius 3 is 2.45 bits per heavy atom. The van der Waals surface area contributed by atoms with E-state index in [0.717, 1.165) is 29.5 Å². The molecule has 0 saturated carbocycles. The highest BCUT2D eigenvalue weighted by Gasteiger charge is 2.20. The van der Waals surface area contributed by atoms with Crippen molar-refractivity contribution in [1.29, 1.82) is 0 Å². The molecule has 20 heavy (non-hydrogen) atoms. The van der Waals surface area contributed by atoms with Gasteiger partial charge in [0.1, 0.15) is 0 Å². The van der Waals surface area contributed by atoms with Gasteiger partial charge >= 0.3 is 0 Å². The average molecular weight is 260 g/mol. The number of allylic oxidation sites excluding steroid dienone is 3. The molecule has 0 unspecified atom stereocenters. The number of fused-ring (bicyclic) bond motifs is 1. The summed E-state index contributed by atoms with van der Waals surface area (Å²) in [5, 5.41) is 0. The zero-order chi connectivity index (χ0) is 13.8. The fourth-order valence-corrected chi connectivity index (χ4v) is 2.51. The van der Waals surface area contributed by atoms with E-state index in [1.54, 1.807) is 0 Å². The van der Waals surface area contributed by atoms with E-state index in [1.807, 2.05) is 72.8 Å². The first-order valence-corrected chi connectivity index (χ1v) is 6.89. The molecule has 1 aliphatic carbocycles. The molecule has 0 saturated heterocycles. The van der Waals surface area contributed by atoms with E-state index in [-0.39, 0.29) is 5.78 Å². The van der Waals surface area contributed by atoms with Gasteiger partial charge in [-0.15, -0.1) is 0 Å². The van der Waals surface area contributed by atoms with Gasteiger partial charge < -0.3 is 0 Å². The number of hydrogen-bond donors (Lipinski definition) is 0. The second kappa shape index (κ2) is 5.70. The van der Waals surface area contributed by atoms with Crippen molar-refractivity contribution in [2.24, 2.45) is 0 Å². The fraction of sp³-hybridized carbons (Fsp3) is 0.105. The van der Waals surface area contributed by atoms with Crippen LogP contribution in [0.1, 0.15) is 27.9 Å². The molecule has 0 radical (unpaired) electrons. The molecule has 1 heteroatoms. The number of aryl methyl sites for hydroxylation is 1. The first kappa shape index (κ1) is 12.6. The Hall–Kier alpha value is -2.41. The standard InChI is InChI=1S/C19H16O/c20-19-17(11-6-9-15-7-2-1-3-8-15)14-13-16-10-4-5-12-18(16)19/h1-12H,13-14H2/b9-6+,17-11+. The molecule has 0 fully saturated rings. The number of carbonyl (C=O) groups is 1. The van der Waals surface area contributed by atoms with E-state index in [4.69, 9.17) is 0 Å². The van der Waals surface area contributed by atoms with Gasteiger partial charge in [0.05, 0.1) is 0 Å². The van der Waals surface area contributed by atoms with Crippen LogP contribution in [0.15, 0.2) is 72.3 Å². The molecular weight excluding hydrogens is 244 g/mol.